The number of nitrogens with one attached hydrogen (secondary N) is 1. The summed E-state index contributed by atoms with van der Waals surface area (Å²) in [5.41, 5.74) is 4.10. The highest BCUT2D eigenvalue weighted by molar-refractivity contribution is 7.05. The van der Waals surface area contributed by atoms with Gasteiger partial charge in [0.25, 0.3) is 0 Å². The zero-order chi connectivity index (χ0) is 13.9. The van der Waals surface area contributed by atoms with Crippen molar-refractivity contribution in [3.63, 3.8) is 0 Å². The van der Waals surface area contributed by atoms with Crippen molar-refractivity contribution in [1.82, 2.24) is 19.7 Å². The summed E-state index contributed by atoms with van der Waals surface area (Å²) in [6.07, 6.45) is 2.51. The van der Waals surface area contributed by atoms with Crippen molar-refractivity contribution in [3.8, 4) is 0 Å². The first-order valence-corrected chi connectivity index (χ1v) is 7.34. The standard InChI is InChI=1S/C14H16N4OS/c1-9-5-12(16-15-9)8-13-7-11(17-19-13)3-4-14-6-10(2)18-20-14/h5-7H,3-4,8H2,1-2H3,(H,15,16). The lowest BCUT2D eigenvalue weighted by atomic mass is 10.2. The average Bonchev–Trinajstić information content (AvgIpc) is 3.11. The van der Waals surface area contributed by atoms with E-state index in [2.05, 4.69) is 25.8 Å². The van der Waals surface area contributed by atoms with Crippen molar-refractivity contribution in [3.05, 3.63) is 51.6 Å². The third kappa shape index (κ3) is 3.14. The molecule has 0 aromatic carbocycles. The van der Waals surface area contributed by atoms with E-state index in [9.17, 15) is 0 Å². The number of aryl methyl sites for hydroxylation is 4. The topological polar surface area (TPSA) is 67.6 Å². The van der Waals surface area contributed by atoms with E-state index in [1.165, 1.54) is 4.88 Å². The van der Waals surface area contributed by atoms with Crippen molar-refractivity contribution < 1.29 is 4.52 Å². The van der Waals surface area contributed by atoms with Gasteiger partial charge in [0.1, 0.15) is 5.76 Å². The van der Waals surface area contributed by atoms with E-state index in [0.29, 0.717) is 6.42 Å². The van der Waals surface area contributed by atoms with Gasteiger partial charge in [0, 0.05) is 16.6 Å². The van der Waals surface area contributed by atoms with Crippen molar-refractivity contribution >= 4 is 11.5 Å². The average molecular weight is 288 g/mol. The van der Waals surface area contributed by atoms with E-state index in [1.54, 1.807) is 11.5 Å². The minimum absolute atomic E-state index is 0.678. The molecule has 20 heavy (non-hydrogen) atoms. The Kier molecular flexibility index (Phi) is 3.64. The van der Waals surface area contributed by atoms with Crippen molar-refractivity contribution in [2.75, 3.05) is 0 Å². The minimum Gasteiger partial charge on any atom is -0.361 e. The molecular weight excluding hydrogens is 272 g/mol. The molecule has 3 aromatic rings. The second-order valence-corrected chi connectivity index (χ2v) is 5.83. The number of rotatable bonds is 5. The summed E-state index contributed by atoms with van der Waals surface area (Å²) in [6.45, 7) is 4.00. The van der Waals surface area contributed by atoms with Crippen LogP contribution in [0.4, 0.5) is 0 Å². The summed E-state index contributed by atoms with van der Waals surface area (Å²) in [5.74, 6) is 0.854. The Balaban J connectivity index is 1.59. The number of hydrogen-bond donors (Lipinski definition) is 1. The number of aromatic amines is 1. The lowest BCUT2D eigenvalue weighted by molar-refractivity contribution is 0.382. The molecule has 1 N–H and O–H groups in total. The van der Waals surface area contributed by atoms with Crippen LogP contribution in [0.25, 0.3) is 0 Å². The number of hydrogen-bond acceptors (Lipinski definition) is 5. The molecule has 0 amide bonds. The molecule has 0 unspecified atom stereocenters. The van der Waals surface area contributed by atoms with Gasteiger partial charge in [-0.3, -0.25) is 5.10 Å². The Morgan fingerprint density at radius 3 is 2.75 bits per heavy atom. The van der Waals surface area contributed by atoms with Gasteiger partial charge in [-0.05, 0) is 50.4 Å². The van der Waals surface area contributed by atoms with Gasteiger partial charge in [-0.1, -0.05) is 5.16 Å². The molecule has 0 aliphatic rings. The molecule has 0 bridgehead atoms. The first kappa shape index (κ1) is 13.1. The predicted molar refractivity (Wildman–Crippen MR) is 76.9 cm³/mol. The highest BCUT2D eigenvalue weighted by Gasteiger charge is 2.08. The summed E-state index contributed by atoms with van der Waals surface area (Å²) in [7, 11) is 0. The summed E-state index contributed by atoms with van der Waals surface area (Å²) < 4.78 is 9.63. The molecule has 3 rings (SSSR count). The Bertz CT molecular complexity index is 697. The lowest BCUT2D eigenvalue weighted by Crippen LogP contribution is -1.88. The van der Waals surface area contributed by atoms with Crippen LogP contribution in [0.1, 0.15) is 33.4 Å². The summed E-state index contributed by atoms with van der Waals surface area (Å²) in [6, 6.07) is 6.15. The molecule has 3 heterocycles. The van der Waals surface area contributed by atoms with Crippen LogP contribution in [-0.4, -0.2) is 19.7 Å². The van der Waals surface area contributed by atoms with Crippen LogP contribution in [0.15, 0.2) is 22.7 Å². The summed E-state index contributed by atoms with van der Waals surface area (Å²) >= 11 is 1.56. The van der Waals surface area contributed by atoms with E-state index >= 15 is 0 Å². The van der Waals surface area contributed by atoms with Gasteiger partial charge in [-0.2, -0.15) is 9.47 Å². The van der Waals surface area contributed by atoms with Gasteiger partial charge in [0.2, 0.25) is 0 Å². The first-order chi connectivity index (χ1) is 9.69. The normalized spacial score (nSPS) is 11.1. The number of H-pyrrole nitrogens is 1. The maximum absolute atomic E-state index is 5.36. The molecule has 3 aromatic heterocycles. The Labute approximate surface area is 121 Å². The van der Waals surface area contributed by atoms with Crippen LogP contribution in [0, 0.1) is 13.8 Å². The Morgan fingerprint density at radius 2 is 2.05 bits per heavy atom. The van der Waals surface area contributed by atoms with E-state index < -0.39 is 0 Å². The monoisotopic (exact) mass is 288 g/mol. The first-order valence-electron chi connectivity index (χ1n) is 6.56. The second-order valence-electron chi connectivity index (χ2n) is 4.94. The molecule has 0 aliphatic heterocycles. The summed E-state index contributed by atoms with van der Waals surface area (Å²) in [5, 5.41) is 11.2. The fourth-order valence-electron chi connectivity index (χ4n) is 2.09. The fourth-order valence-corrected chi connectivity index (χ4v) is 2.82. The van der Waals surface area contributed by atoms with Gasteiger partial charge in [0.05, 0.1) is 23.5 Å². The summed E-state index contributed by atoms with van der Waals surface area (Å²) in [4.78, 5) is 1.29. The smallest absolute Gasteiger partial charge is 0.143 e. The van der Waals surface area contributed by atoms with Crippen molar-refractivity contribution in [1.29, 1.82) is 0 Å². The zero-order valence-corrected chi connectivity index (χ0v) is 12.3. The highest BCUT2D eigenvalue weighted by atomic mass is 32.1. The molecule has 0 fully saturated rings. The SMILES string of the molecule is Cc1cc(CCc2cc(Cc3cc(C)[nH]n3)on2)sn1. The van der Waals surface area contributed by atoms with Crippen LogP contribution in [0.5, 0.6) is 0 Å². The van der Waals surface area contributed by atoms with Crippen LogP contribution in [0.2, 0.25) is 0 Å². The fraction of sp³-hybridized carbons (Fsp3) is 0.357. The molecule has 0 saturated heterocycles. The van der Waals surface area contributed by atoms with Gasteiger partial charge < -0.3 is 4.52 Å². The zero-order valence-electron chi connectivity index (χ0n) is 11.5. The van der Waals surface area contributed by atoms with Gasteiger partial charge in [-0.25, -0.2) is 0 Å². The van der Waals surface area contributed by atoms with E-state index in [0.717, 1.165) is 41.4 Å². The number of nitrogens with zero attached hydrogens (tertiary/aromatic N) is 3. The van der Waals surface area contributed by atoms with Crippen molar-refractivity contribution in [2.24, 2.45) is 0 Å². The second kappa shape index (κ2) is 5.58. The van der Waals surface area contributed by atoms with Crippen LogP contribution in [-0.2, 0) is 19.3 Å². The minimum atomic E-state index is 0.678. The highest BCUT2D eigenvalue weighted by Crippen LogP contribution is 2.15. The van der Waals surface area contributed by atoms with Crippen molar-refractivity contribution in [2.45, 2.75) is 33.1 Å². The van der Waals surface area contributed by atoms with Gasteiger partial charge in [0.15, 0.2) is 0 Å². The predicted octanol–water partition coefficient (Wildman–Crippen LogP) is 2.85. The third-order valence-corrected chi connectivity index (χ3v) is 3.96. The van der Waals surface area contributed by atoms with Gasteiger partial charge in [-0.15, -0.1) is 0 Å². The van der Waals surface area contributed by atoms with Crippen LogP contribution in [0.3, 0.4) is 0 Å². The molecule has 104 valence electrons. The third-order valence-electron chi connectivity index (χ3n) is 3.03. The molecule has 0 saturated carbocycles. The maximum Gasteiger partial charge on any atom is 0.143 e. The molecule has 0 atom stereocenters. The lowest BCUT2D eigenvalue weighted by Gasteiger charge is -1.91. The van der Waals surface area contributed by atoms with E-state index in [-0.39, 0.29) is 0 Å². The van der Waals surface area contributed by atoms with Gasteiger partial charge >= 0.3 is 0 Å². The molecule has 0 aliphatic carbocycles. The molecule has 0 radical (unpaired) electrons. The van der Waals surface area contributed by atoms with E-state index in [4.69, 9.17) is 4.52 Å². The quantitative estimate of drug-likeness (QED) is 0.784. The molecule has 0 spiro atoms. The molecule has 6 heteroatoms. The Morgan fingerprint density at radius 1 is 1.15 bits per heavy atom. The van der Waals surface area contributed by atoms with Crippen LogP contribution >= 0.6 is 11.5 Å². The molecular formula is C14H16N4OS. The number of aromatic nitrogens is 4. The maximum atomic E-state index is 5.36. The van der Waals surface area contributed by atoms with E-state index in [1.807, 2.05) is 26.0 Å². The Hall–Kier alpha value is -1.95. The largest absolute Gasteiger partial charge is 0.361 e. The molecule has 5 nitrogen and oxygen atoms in total. The van der Waals surface area contributed by atoms with Crippen LogP contribution < -0.4 is 0 Å².